The van der Waals surface area contributed by atoms with Crippen molar-refractivity contribution in [1.29, 1.82) is 0 Å². The normalized spacial score (nSPS) is 15.9. The molecule has 0 aliphatic heterocycles. The molecule has 1 aromatic carbocycles. The molecule has 0 unspecified atom stereocenters. The Morgan fingerprint density at radius 2 is 1.97 bits per heavy atom. The lowest BCUT2D eigenvalue weighted by Crippen LogP contribution is -2.31. The van der Waals surface area contributed by atoms with Gasteiger partial charge in [-0.05, 0) is 30.5 Å². The largest absolute Gasteiger partial charge is 0.433 e. The number of carbonyl (C=O) groups excluding carboxylic acids is 1. The molecule has 0 saturated heterocycles. The molecule has 3 heterocycles. The van der Waals surface area contributed by atoms with Crippen LogP contribution in [0.1, 0.15) is 39.8 Å². The number of hydrogen-bond donors (Lipinski definition) is 1. The minimum Gasteiger partial charge on any atom is -0.383 e. The average Bonchev–Trinajstić information content (AvgIpc) is 3.36. The van der Waals surface area contributed by atoms with Crippen molar-refractivity contribution in [2.75, 3.05) is 12.8 Å². The number of fused-ring (bicyclic) bond motifs is 4. The number of aryl methyl sites for hydroxylation is 2. The maximum Gasteiger partial charge on any atom is 0.433 e. The molecule has 2 N–H and O–H groups in total. The number of pyridine rings is 2. The Morgan fingerprint density at radius 1 is 1.21 bits per heavy atom. The minimum absolute atomic E-state index is 0.174. The molecule has 0 fully saturated rings. The van der Waals surface area contributed by atoms with Gasteiger partial charge in [0.25, 0.3) is 5.91 Å². The molecule has 7 nitrogen and oxygen atoms in total. The first-order chi connectivity index (χ1) is 15.6. The molecular formula is C22H18F4N6O. The Hall–Kier alpha value is -3.76. The third-order valence-corrected chi connectivity index (χ3v) is 6.13. The van der Waals surface area contributed by atoms with Gasteiger partial charge in [-0.25, -0.2) is 14.4 Å². The number of nitrogens with two attached hydrogens (primary N) is 1. The van der Waals surface area contributed by atoms with Crippen molar-refractivity contribution < 1.29 is 22.4 Å². The van der Waals surface area contributed by atoms with Crippen molar-refractivity contribution in [2.45, 2.75) is 25.1 Å². The number of aromatic nitrogens is 4. The van der Waals surface area contributed by atoms with Gasteiger partial charge in [0.05, 0.1) is 34.2 Å². The summed E-state index contributed by atoms with van der Waals surface area (Å²) in [5.74, 6) is -1.16. The van der Waals surface area contributed by atoms with Gasteiger partial charge in [-0.2, -0.15) is 18.3 Å². The number of rotatable bonds is 2. The molecule has 11 heteroatoms. The average molecular weight is 458 g/mol. The molecule has 33 heavy (non-hydrogen) atoms. The Labute approximate surface area is 184 Å². The van der Waals surface area contributed by atoms with Crippen LogP contribution in [-0.4, -0.2) is 37.6 Å². The number of nitrogens with zero attached hydrogens (tertiary/aromatic N) is 5. The zero-order valence-electron chi connectivity index (χ0n) is 17.6. The predicted molar refractivity (Wildman–Crippen MR) is 113 cm³/mol. The first kappa shape index (κ1) is 21.1. The van der Waals surface area contributed by atoms with Crippen LogP contribution in [0.15, 0.2) is 30.5 Å². The maximum absolute atomic E-state index is 15.0. The van der Waals surface area contributed by atoms with Crippen LogP contribution in [0.3, 0.4) is 0 Å². The number of nitrogen functional groups attached to an aromatic ring is 1. The van der Waals surface area contributed by atoms with E-state index in [1.807, 2.05) is 0 Å². The van der Waals surface area contributed by atoms with Crippen LogP contribution in [0.25, 0.3) is 21.8 Å². The highest BCUT2D eigenvalue weighted by atomic mass is 19.4. The summed E-state index contributed by atoms with van der Waals surface area (Å²) in [6.45, 7) is 0. The predicted octanol–water partition coefficient (Wildman–Crippen LogP) is 4.02. The summed E-state index contributed by atoms with van der Waals surface area (Å²) >= 11 is 0. The summed E-state index contributed by atoms with van der Waals surface area (Å²) in [4.78, 5) is 22.6. The standard InChI is InChI=1S/C22H18F4N6O/c1-31(17-5-4-15-10(17)3-6-18(29-15)22(24,25)26)21(33)11-7-12-16(8-14(11)23)30-20(27)13-9-28-32(2)19(12)13/h3,6-9,17H,4-5H2,1-2H3,(H2,27,30)/t17-/m1/s1. The van der Waals surface area contributed by atoms with Crippen LogP contribution in [0, 0.1) is 5.82 Å². The van der Waals surface area contributed by atoms with Gasteiger partial charge in [0.1, 0.15) is 17.3 Å². The maximum atomic E-state index is 15.0. The monoisotopic (exact) mass is 458 g/mol. The van der Waals surface area contributed by atoms with E-state index in [1.54, 1.807) is 17.9 Å². The van der Waals surface area contributed by atoms with E-state index in [1.165, 1.54) is 24.1 Å². The van der Waals surface area contributed by atoms with E-state index in [0.717, 1.165) is 12.1 Å². The Balaban J connectivity index is 1.55. The van der Waals surface area contributed by atoms with Crippen LogP contribution in [0.5, 0.6) is 0 Å². The number of halogens is 4. The molecule has 0 saturated carbocycles. The lowest BCUT2D eigenvalue weighted by molar-refractivity contribution is -0.141. The van der Waals surface area contributed by atoms with Crippen molar-refractivity contribution in [3.05, 3.63) is 58.8 Å². The van der Waals surface area contributed by atoms with Crippen LogP contribution in [-0.2, 0) is 19.6 Å². The van der Waals surface area contributed by atoms with Crippen molar-refractivity contribution in [2.24, 2.45) is 7.05 Å². The number of amides is 1. The third kappa shape index (κ3) is 3.26. The Kier molecular flexibility index (Phi) is 4.56. The van der Waals surface area contributed by atoms with E-state index in [2.05, 4.69) is 15.1 Å². The summed E-state index contributed by atoms with van der Waals surface area (Å²) in [6.07, 6.45) is -2.31. The Bertz CT molecular complexity index is 1440. The minimum atomic E-state index is -4.54. The second-order valence-electron chi connectivity index (χ2n) is 8.08. The fourth-order valence-electron chi connectivity index (χ4n) is 4.48. The fraction of sp³-hybridized carbons (Fsp3) is 0.273. The van der Waals surface area contributed by atoms with Gasteiger partial charge in [-0.15, -0.1) is 0 Å². The summed E-state index contributed by atoms with van der Waals surface area (Å²) < 4.78 is 55.5. The molecule has 4 aromatic rings. The number of anilines is 1. The second-order valence-corrected chi connectivity index (χ2v) is 8.08. The zero-order chi connectivity index (χ0) is 23.7. The molecule has 0 bridgehead atoms. The number of carbonyl (C=O) groups is 1. The zero-order valence-corrected chi connectivity index (χ0v) is 17.6. The fourth-order valence-corrected chi connectivity index (χ4v) is 4.48. The van der Waals surface area contributed by atoms with E-state index in [9.17, 15) is 22.4 Å². The number of alkyl halides is 3. The topological polar surface area (TPSA) is 89.9 Å². The SMILES string of the molecule is CN(C(=O)c1cc2c(cc1F)nc(N)c1cnn(C)c12)[C@@H]1CCc2nc(C(F)(F)F)ccc21. The van der Waals surface area contributed by atoms with Gasteiger partial charge in [-0.3, -0.25) is 9.48 Å². The lowest BCUT2D eigenvalue weighted by atomic mass is 10.0. The molecule has 0 radical (unpaired) electrons. The first-order valence-electron chi connectivity index (χ1n) is 10.1. The van der Waals surface area contributed by atoms with E-state index in [-0.39, 0.29) is 16.9 Å². The van der Waals surface area contributed by atoms with E-state index in [0.29, 0.717) is 40.4 Å². The highest BCUT2D eigenvalue weighted by Crippen LogP contribution is 2.38. The van der Waals surface area contributed by atoms with Gasteiger partial charge in [0.15, 0.2) is 0 Å². The van der Waals surface area contributed by atoms with Gasteiger partial charge in [-0.1, -0.05) is 6.07 Å². The van der Waals surface area contributed by atoms with Gasteiger partial charge in [0.2, 0.25) is 0 Å². The molecule has 0 spiro atoms. The Morgan fingerprint density at radius 3 is 2.70 bits per heavy atom. The van der Waals surface area contributed by atoms with Crippen LogP contribution < -0.4 is 5.73 Å². The summed E-state index contributed by atoms with van der Waals surface area (Å²) in [6, 6.07) is 4.30. The molecule has 1 atom stereocenters. The van der Waals surface area contributed by atoms with Gasteiger partial charge < -0.3 is 10.6 Å². The molecular weight excluding hydrogens is 440 g/mol. The van der Waals surface area contributed by atoms with Crippen LogP contribution in [0.4, 0.5) is 23.4 Å². The molecule has 1 amide bonds. The first-order valence-corrected chi connectivity index (χ1v) is 10.1. The second kappa shape index (κ2) is 7.12. The van der Waals surface area contributed by atoms with Crippen molar-refractivity contribution in [1.82, 2.24) is 24.6 Å². The van der Waals surface area contributed by atoms with Gasteiger partial charge >= 0.3 is 6.18 Å². The lowest BCUT2D eigenvalue weighted by Gasteiger charge is -2.26. The van der Waals surface area contributed by atoms with Crippen LogP contribution >= 0.6 is 0 Å². The molecule has 170 valence electrons. The highest BCUT2D eigenvalue weighted by molar-refractivity contribution is 6.10. The van der Waals surface area contributed by atoms with Crippen molar-refractivity contribution in [3.8, 4) is 0 Å². The van der Waals surface area contributed by atoms with Gasteiger partial charge in [0, 0.05) is 31.2 Å². The summed E-state index contributed by atoms with van der Waals surface area (Å²) in [7, 11) is 3.21. The van der Waals surface area contributed by atoms with E-state index < -0.39 is 29.6 Å². The third-order valence-electron chi connectivity index (χ3n) is 6.13. The van der Waals surface area contributed by atoms with Crippen molar-refractivity contribution in [3.63, 3.8) is 0 Å². The van der Waals surface area contributed by atoms with Crippen molar-refractivity contribution >= 4 is 33.5 Å². The summed E-state index contributed by atoms with van der Waals surface area (Å²) in [5, 5.41) is 5.27. The smallest absolute Gasteiger partial charge is 0.383 e. The molecule has 1 aliphatic rings. The highest BCUT2D eigenvalue weighted by Gasteiger charge is 2.36. The molecule has 3 aromatic heterocycles. The molecule has 5 rings (SSSR count). The number of hydrogen-bond acceptors (Lipinski definition) is 5. The number of benzene rings is 1. The van der Waals surface area contributed by atoms with Crippen LogP contribution in [0.2, 0.25) is 0 Å². The molecule has 1 aliphatic carbocycles. The van der Waals surface area contributed by atoms with E-state index in [4.69, 9.17) is 5.73 Å². The van der Waals surface area contributed by atoms with E-state index >= 15 is 0 Å². The quantitative estimate of drug-likeness (QED) is 0.459. The summed E-state index contributed by atoms with van der Waals surface area (Å²) in [5.41, 5.74) is 6.55.